The SMILES string of the molecule is CCCCOc1ccc(C2/C(=C(\[O-])c3ccc4c(c3)CC(C)O4)C(=O)C(=O)N2CCC[NH+](C)C)cc1OCC. The van der Waals surface area contributed by atoms with Crippen LogP contribution in [0.4, 0.5) is 0 Å². The normalized spacial score (nSPS) is 19.9. The van der Waals surface area contributed by atoms with E-state index in [0.29, 0.717) is 55.2 Å². The molecule has 0 aromatic heterocycles. The fourth-order valence-electron chi connectivity index (χ4n) is 5.18. The van der Waals surface area contributed by atoms with Crippen molar-refractivity contribution in [3.63, 3.8) is 0 Å². The lowest BCUT2D eigenvalue weighted by Crippen LogP contribution is -3.05. The van der Waals surface area contributed by atoms with Gasteiger partial charge in [-0.15, -0.1) is 0 Å². The van der Waals surface area contributed by atoms with Crippen LogP contribution in [0.5, 0.6) is 17.2 Å². The van der Waals surface area contributed by atoms with Crippen LogP contribution in [0.1, 0.15) is 62.8 Å². The summed E-state index contributed by atoms with van der Waals surface area (Å²) < 4.78 is 17.6. The molecular weight excluding hydrogens is 496 g/mol. The molecule has 1 N–H and O–H groups in total. The molecule has 2 aromatic rings. The van der Waals surface area contributed by atoms with E-state index in [1.165, 1.54) is 4.90 Å². The molecule has 0 spiro atoms. The van der Waals surface area contributed by atoms with Crippen molar-refractivity contribution in [1.82, 2.24) is 4.90 Å². The molecule has 2 aromatic carbocycles. The zero-order valence-electron chi connectivity index (χ0n) is 23.7. The van der Waals surface area contributed by atoms with E-state index in [9.17, 15) is 14.7 Å². The van der Waals surface area contributed by atoms with Crippen molar-refractivity contribution in [2.24, 2.45) is 0 Å². The van der Waals surface area contributed by atoms with Gasteiger partial charge in [0.1, 0.15) is 11.9 Å². The number of quaternary nitrogens is 1. The number of hydrogen-bond acceptors (Lipinski definition) is 6. The van der Waals surface area contributed by atoms with Gasteiger partial charge in [-0.25, -0.2) is 0 Å². The van der Waals surface area contributed by atoms with Crippen molar-refractivity contribution in [2.75, 3.05) is 40.4 Å². The summed E-state index contributed by atoms with van der Waals surface area (Å²) in [4.78, 5) is 29.5. The molecule has 2 heterocycles. The van der Waals surface area contributed by atoms with Crippen LogP contribution in [0.25, 0.3) is 5.76 Å². The smallest absolute Gasteiger partial charge is 0.295 e. The number of carbonyl (C=O) groups excluding carboxylic acids is 2. The van der Waals surface area contributed by atoms with Crippen LogP contribution in [0.2, 0.25) is 0 Å². The molecule has 0 aliphatic carbocycles. The minimum atomic E-state index is -0.804. The Bertz CT molecular complexity index is 1240. The first-order chi connectivity index (χ1) is 18.7. The standard InChI is InChI=1S/C31H40N2O6/c1-6-8-16-38-25-13-10-21(19-26(25)37-7-2)28-27(30(35)31(36)33(28)15-9-14-32(4)5)29(34)22-11-12-24-23(18-22)17-20(3)39-24/h10-13,18-20,28,34H,6-9,14-17H2,1-5H3/b29-27+. The number of benzene rings is 2. The molecule has 2 atom stereocenters. The maximum atomic E-state index is 13.9. The number of rotatable bonds is 12. The zero-order valence-corrected chi connectivity index (χ0v) is 23.7. The average Bonchev–Trinajstić information content (AvgIpc) is 3.40. The number of likely N-dealkylation sites (tertiary alicyclic amines) is 1. The number of unbranched alkanes of at least 4 members (excludes halogenated alkanes) is 1. The van der Waals surface area contributed by atoms with Gasteiger partial charge in [-0.3, -0.25) is 9.59 Å². The van der Waals surface area contributed by atoms with Gasteiger partial charge >= 0.3 is 0 Å². The molecule has 8 heteroatoms. The maximum absolute atomic E-state index is 13.9. The molecule has 1 fully saturated rings. The van der Waals surface area contributed by atoms with E-state index in [2.05, 4.69) is 6.92 Å². The van der Waals surface area contributed by atoms with Gasteiger partial charge in [-0.05, 0) is 61.2 Å². The topological polar surface area (TPSA) is 92.6 Å². The number of ketones is 1. The van der Waals surface area contributed by atoms with Gasteiger partial charge in [0.15, 0.2) is 11.5 Å². The number of hydrogen-bond donors (Lipinski definition) is 1. The van der Waals surface area contributed by atoms with Crippen molar-refractivity contribution in [3.8, 4) is 17.2 Å². The van der Waals surface area contributed by atoms with E-state index in [-0.39, 0.29) is 11.7 Å². The number of nitrogens with zero attached hydrogens (tertiary/aromatic N) is 1. The van der Waals surface area contributed by atoms with Crippen LogP contribution in [0.15, 0.2) is 42.0 Å². The molecule has 2 unspecified atom stereocenters. The highest BCUT2D eigenvalue weighted by Gasteiger charge is 2.44. The highest BCUT2D eigenvalue weighted by atomic mass is 16.5. The Hall–Kier alpha value is -3.52. The van der Waals surface area contributed by atoms with Gasteiger partial charge in [0.05, 0.1) is 39.9 Å². The quantitative estimate of drug-likeness (QED) is 0.194. The second-order valence-corrected chi connectivity index (χ2v) is 10.6. The van der Waals surface area contributed by atoms with Crippen LogP contribution < -0.4 is 24.2 Å². The number of carbonyl (C=O) groups is 2. The highest BCUT2D eigenvalue weighted by Crippen LogP contribution is 2.42. The van der Waals surface area contributed by atoms with E-state index >= 15 is 0 Å². The van der Waals surface area contributed by atoms with Gasteiger partial charge in [0.25, 0.3) is 5.91 Å². The first kappa shape index (κ1) is 28.5. The van der Waals surface area contributed by atoms with Crippen molar-refractivity contribution in [3.05, 3.63) is 58.7 Å². The van der Waals surface area contributed by atoms with Gasteiger partial charge < -0.3 is 29.1 Å². The monoisotopic (exact) mass is 536 g/mol. The van der Waals surface area contributed by atoms with Crippen molar-refractivity contribution in [2.45, 2.75) is 58.6 Å². The van der Waals surface area contributed by atoms with Crippen molar-refractivity contribution >= 4 is 17.4 Å². The predicted molar refractivity (Wildman–Crippen MR) is 147 cm³/mol. The van der Waals surface area contributed by atoms with Gasteiger partial charge in [-0.1, -0.05) is 31.2 Å². The summed E-state index contributed by atoms with van der Waals surface area (Å²) in [6.45, 7) is 8.14. The molecule has 2 aliphatic heterocycles. The Kier molecular flexibility index (Phi) is 9.17. The Morgan fingerprint density at radius 2 is 1.87 bits per heavy atom. The molecule has 1 saturated heterocycles. The lowest BCUT2D eigenvalue weighted by Gasteiger charge is -2.28. The third-order valence-electron chi connectivity index (χ3n) is 7.10. The van der Waals surface area contributed by atoms with E-state index in [4.69, 9.17) is 14.2 Å². The molecule has 210 valence electrons. The van der Waals surface area contributed by atoms with Crippen LogP contribution in [0.3, 0.4) is 0 Å². The number of ether oxygens (including phenoxy) is 3. The summed E-state index contributed by atoms with van der Waals surface area (Å²) >= 11 is 0. The van der Waals surface area contributed by atoms with Crippen LogP contribution in [-0.4, -0.2) is 63.1 Å². The Labute approximate surface area is 231 Å². The second kappa shape index (κ2) is 12.6. The second-order valence-electron chi connectivity index (χ2n) is 10.6. The number of Topliss-reactive ketones (excluding diaryl/α,β-unsaturated/α-hetero) is 1. The molecule has 1 amide bonds. The van der Waals surface area contributed by atoms with Gasteiger partial charge in [-0.2, -0.15) is 0 Å². The summed E-state index contributed by atoms with van der Waals surface area (Å²) in [6, 6.07) is 9.87. The lowest BCUT2D eigenvalue weighted by atomic mass is 9.94. The number of amides is 1. The summed E-state index contributed by atoms with van der Waals surface area (Å²) in [6.07, 6.45) is 3.34. The van der Waals surface area contributed by atoms with E-state index in [1.807, 2.05) is 40.1 Å². The largest absolute Gasteiger partial charge is 0.872 e. The van der Waals surface area contributed by atoms with Crippen molar-refractivity contribution in [1.29, 1.82) is 0 Å². The third kappa shape index (κ3) is 6.22. The first-order valence-corrected chi connectivity index (χ1v) is 14.0. The minimum absolute atomic E-state index is 0.0220. The molecular formula is C31H40N2O6. The third-order valence-corrected chi connectivity index (χ3v) is 7.10. The predicted octanol–water partition coefficient (Wildman–Crippen LogP) is 2.35. The molecule has 8 nitrogen and oxygen atoms in total. The fraction of sp³-hybridized carbons (Fsp3) is 0.484. The Balaban J connectivity index is 1.78. The molecule has 4 rings (SSSR count). The van der Waals surface area contributed by atoms with E-state index in [1.54, 1.807) is 29.2 Å². The zero-order chi connectivity index (χ0) is 28.1. The van der Waals surface area contributed by atoms with Gasteiger partial charge in [0, 0.05) is 25.0 Å². The fourth-order valence-corrected chi connectivity index (χ4v) is 5.18. The Morgan fingerprint density at radius 3 is 2.59 bits per heavy atom. The van der Waals surface area contributed by atoms with E-state index < -0.39 is 23.5 Å². The summed E-state index contributed by atoms with van der Waals surface area (Å²) in [5.41, 5.74) is 1.95. The molecule has 0 radical (unpaired) electrons. The first-order valence-electron chi connectivity index (χ1n) is 14.0. The van der Waals surface area contributed by atoms with Crippen molar-refractivity contribution < 1.29 is 33.8 Å². The highest BCUT2D eigenvalue weighted by molar-refractivity contribution is 6.46. The minimum Gasteiger partial charge on any atom is -0.872 e. The summed E-state index contributed by atoms with van der Waals surface area (Å²) in [5.74, 6) is 0.0778. The summed E-state index contributed by atoms with van der Waals surface area (Å²) in [7, 11) is 4.08. The van der Waals surface area contributed by atoms with Gasteiger partial charge in [0.2, 0.25) is 5.78 Å². The molecule has 2 aliphatic rings. The number of fused-ring (bicyclic) bond motifs is 1. The van der Waals surface area contributed by atoms with Crippen LogP contribution >= 0.6 is 0 Å². The van der Waals surface area contributed by atoms with Crippen LogP contribution in [-0.2, 0) is 16.0 Å². The lowest BCUT2D eigenvalue weighted by molar-refractivity contribution is -0.858. The van der Waals surface area contributed by atoms with Crippen LogP contribution in [0, 0.1) is 0 Å². The molecule has 39 heavy (non-hydrogen) atoms. The maximum Gasteiger partial charge on any atom is 0.295 e. The average molecular weight is 537 g/mol. The molecule has 0 bridgehead atoms. The van der Waals surface area contributed by atoms with E-state index in [0.717, 1.165) is 30.7 Å². The number of nitrogens with one attached hydrogen (secondary N) is 1. The molecule has 0 saturated carbocycles. The summed E-state index contributed by atoms with van der Waals surface area (Å²) in [5, 5.41) is 13.9. The Morgan fingerprint density at radius 1 is 1.08 bits per heavy atom.